The topological polar surface area (TPSA) is 153 Å². The smallest absolute Gasteiger partial charge is 0.117 e. The lowest BCUT2D eigenvalue weighted by Gasteiger charge is -2.32. The Morgan fingerprint density at radius 3 is 0.872 bits per heavy atom. The maximum absolute atomic E-state index is 12.8. The number of ether oxygens (including phenoxy) is 6. The second kappa shape index (κ2) is 31.1. The summed E-state index contributed by atoms with van der Waals surface area (Å²) in [4.78, 5) is 19.1. The van der Waals surface area contributed by atoms with Crippen LogP contribution in [0.4, 0.5) is 0 Å². The first-order chi connectivity index (χ1) is 46.5. The van der Waals surface area contributed by atoms with E-state index >= 15 is 0 Å². The van der Waals surface area contributed by atoms with E-state index in [1.807, 2.05) is 243 Å². The quantitative estimate of drug-likeness (QED) is 0.0373. The van der Waals surface area contributed by atoms with Crippen LogP contribution in [0.15, 0.2) is 267 Å². The van der Waals surface area contributed by atoms with Gasteiger partial charge in [0, 0.05) is 44.3 Å². The highest BCUT2D eigenvalue weighted by atomic mass is 16.6. The first-order valence-electron chi connectivity index (χ1n) is 31.9. The Morgan fingerprint density at radius 2 is 0.553 bits per heavy atom. The molecule has 8 bridgehead atoms. The van der Waals surface area contributed by atoms with Crippen molar-refractivity contribution in [3.05, 3.63) is 334 Å². The highest BCUT2D eigenvalue weighted by Crippen LogP contribution is 2.41. The number of hydrogen-bond donors (Lipinski definition) is 4. The van der Waals surface area contributed by atoms with Gasteiger partial charge in [0.1, 0.15) is 36.6 Å². The molecule has 11 aromatic rings. The molecule has 13 rings (SSSR count). The van der Waals surface area contributed by atoms with Gasteiger partial charge in [-0.2, -0.15) is 0 Å². The highest BCUT2D eigenvalue weighted by molar-refractivity contribution is 5.94. The van der Waals surface area contributed by atoms with Crippen molar-refractivity contribution in [2.75, 3.05) is 13.2 Å². The van der Waals surface area contributed by atoms with Crippen LogP contribution in [0.25, 0.3) is 68.6 Å². The minimum absolute atomic E-state index is 0.0570. The maximum Gasteiger partial charge on any atom is 0.117 e. The number of aromatic nitrogens is 4. The Morgan fingerprint density at radius 1 is 0.287 bits per heavy atom. The molecular weight excluding hydrogens is 1170 g/mol. The van der Waals surface area contributed by atoms with Crippen molar-refractivity contribution in [1.82, 2.24) is 19.9 Å². The molecule has 12 nitrogen and oxygen atoms in total. The highest BCUT2D eigenvalue weighted by Gasteiger charge is 2.37. The Balaban J connectivity index is 1.05. The van der Waals surface area contributed by atoms with Gasteiger partial charge in [-0.1, -0.05) is 243 Å². The van der Waals surface area contributed by atoms with Crippen LogP contribution in [0, 0.1) is 0 Å². The molecule has 470 valence electrons. The number of aliphatic hydroxyl groups is 2. The van der Waals surface area contributed by atoms with Gasteiger partial charge in [0.05, 0.1) is 75.6 Å². The molecule has 2 aliphatic heterocycles. The summed E-state index contributed by atoms with van der Waals surface area (Å²) >= 11 is 0. The summed E-state index contributed by atoms with van der Waals surface area (Å²) in [5.74, 6) is 0. The lowest BCUT2D eigenvalue weighted by Crippen LogP contribution is -2.39. The molecule has 8 aromatic carbocycles. The zero-order chi connectivity index (χ0) is 63.7. The maximum atomic E-state index is 12.8. The fraction of sp³-hybridized carbons (Fsp3) is 0.171. The molecule has 2 aliphatic rings. The number of H-pyrrole nitrogens is 2. The molecule has 6 atom stereocenters. The van der Waals surface area contributed by atoms with Crippen molar-refractivity contribution in [3.8, 4) is 22.3 Å². The van der Waals surface area contributed by atoms with E-state index in [4.69, 9.17) is 38.4 Å². The van der Waals surface area contributed by atoms with Gasteiger partial charge in [-0.25, -0.2) is 9.97 Å². The van der Waals surface area contributed by atoms with E-state index in [-0.39, 0.29) is 52.9 Å². The zero-order valence-electron chi connectivity index (χ0n) is 52.1. The van der Waals surface area contributed by atoms with Gasteiger partial charge in [0.2, 0.25) is 0 Å². The number of aliphatic hydroxyl groups excluding tert-OH is 2. The van der Waals surface area contributed by atoms with Crippen LogP contribution >= 0.6 is 0 Å². The van der Waals surface area contributed by atoms with Crippen LogP contribution in [0.5, 0.6) is 0 Å². The van der Waals surface area contributed by atoms with Crippen LogP contribution in [0.2, 0.25) is 0 Å². The summed E-state index contributed by atoms with van der Waals surface area (Å²) in [6, 6.07) is 88.5. The molecule has 0 saturated carbocycles. The molecule has 0 saturated heterocycles. The second-order valence-corrected chi connectivity index (χ2v) is 23.4. The summed E-state index contributed by atoms with van der Waals surface area (Å²) in [5.41, 5.74) is 15.8. The van der Waals surface area contributed by atoms with E-state index in [1.165, 1.54) is 0 Å². The van der Waals surface area contributed by atoms with Gasteiger partial charge in [-0.05, 0) is 93.1 Å². The first-order valence-corrected chi connectivity index (χ1v) is 31.9. The molecule has 94 heavy (non-hydrogen) atoms. The predicted molar refractivity (Wildman–Crippen MR) is 372 cm³/mol. The summed E-state index contributed by atoms with van der Waals surface area (Å²) < 4.78 is 41.4. The minimum atomic E-state index is -1.19. The Bertz CT molecular complexity index is 4150. The molecule has 0 unspecified atom stereocenters. The normalized spacial score (nSPS) is 13.9. The number of rotatable bonds is 28. The van der Waals surface area contributed by atoms with Gasteiger partial charge in [-0.3, -0.25) is 0 Å². The zero-order valence-corrected chi connectivity index (χ0v) is 52.1. The van der Waals surface area contributed by atoms with Crippen molar-refractivity contribution in [3.63, 3.8) is 0 Å². The average molecular weight is 1240 g/mol. The second-order valence-electron chi connectivity index (χ2n) is 23.4. The monoisotopic (exact) mass is 1240 g/mol. The number of fused-ring (bicyclic) bond motifs is 8. The van der Waals surface area contributed by atoms with Gasteiger partial charge in [0.15, 0.2) is 0 Å². The third kappa shape index (κ3) is 15.6. The number of nitrogens with zero attached hydrogens (tertiary/aromatic N) is 2. The van der Waals surface area contributed by atoms with Crippen LogP contribution in [0.1, 0.15) is 79.5 Å². The predicted octanol–water partition coefficient (Wildman–Crippen LogP) is 16.8. The first kappa shape index (κ1) is 62.8. The van der Waals surface area contributed by atoms with Crippen LogP contribution in [-0.2, 0) is 68.1 Å². The lowest BCUT2D eigenvalue weighted by molar-refractivity contribution is -0.149. The van der Waals surface area contributed by atoms with Gasteiger partial charge in [-0.15, -0.1) is 0 Å². The van der Waals surface area contributed by atoms with E-state index in [0.29, 0.717) is 44.9 Å². The molecule has 0 amide bonds. The molecular formula is C82H74N4O8. The summed E-state index contributed by atoms with van der Waals surface area (Å²) in [6.45, 7) is 1.16. The SMILES string of the molecule is O[C@H](COCc1ccccc1)[C@@H](OCc1ccccc1)[C@H](OCc1ccccc1)c1c2nc(c(-c3ccccc3)c3ccc([nH]3)c([C@@H](OCc3ccccc3)[C@H](OCc3ccccc3)[C@H](O)COCc3ccccc3)c3nc(c(-c4ccccc4)c4ccc1[nH]4)C=C3)C=C2. The summed E-state index contributed by atoms with van der Waals surface area (Å²) in [7, 11) is 0. The standard InChI is InChI=1S/C82H74N4O8/c87-73(55-89-49-57-25-9-1-10-26-57)79(91-51-59-29-13-3-14-30-59)81(93-53-61-33-17-5-18-34-61)77-69-45-41-65(83-69)75(63-37-21-7-22-38-63)67-43-47-71(85-67)78(72-48-44-68(86-72)76(64-39-23-8-24-40-64)66-42-46-70(77)84-66)82(94-54-62-35-19-6-20-36-62)80(92-52-60-31-15-4-16-32-60)74(88)56-90-50-58-27-11-2-12-28-58/h1-48,73-74,79-83,86-88H,49-56H2/t73-,74-,79-,80-,81-,82-/m1/s1. The molecule has 3 aromatic heterocycles. The molecule has 12 heteroatoms. The van der Waals surface area contributed by atoms with Crippen LogP contribution in [-0.4, -0.2) is 67.8 Å². The van der Waals surface area contributed by atoms with Crippen molar-refractivity contribution in [2.24, 2.45) is 0 Å². The van der Waals surface area contributed by atoms with Gasteiger partial charge in [0.25, 0.3) is 0 Å². The van der Waals surface area contributed by atoms with E-state index in [2.05, 4.69) is 58.5 Å². The van der Waals surface area contributed by atoms with E-state index in [9.17, 15) is 10.2 Å². The van der Waals surface area contributed by atoms with Crippen LogP contribution in [0.3, 0.4) is 0 Å². The third-order valence-corrected chi connectivity index (χ3v) is 16.8. The summed E-state index contributed by atoms with van der Waals surface area (Å²) in [6.07, 6.45) is 1.80. The summed E-state index contributed by atoms with van der Waals surface area (Å²) in [5, 5.41) is 25.6. The Labute approximate surface area is 548 Å². The van der Waals surface area contributed by atoms with Crippen molar-refractivity contribution >= 4 is 46.4 Å². The number of benzene rings is 8. The Kier molecular flexibility index (Phi) is 20.8. The molecule has 0 radical (unpaired) electrons. The molecule has 4 N–H and O–H groups in total. The third-order valence-electron chi connectivity index (χ3n) is 16.8. The average Bonchev–Trinajstić information content (AvgIpc) is 1.61. The fourth-order valence-electron chi connectivity index (χ4n) is 12.1. The number of hydrogen-bond acceptors (Lipinski definition) is 10. The van der Waals surface area contributed by atoms with Gasteiger partial charge < -0.3 is 48.6 Å². The number of nitrogens with one attached hydrogen (secondary N) is 2. The minimum Gasteiger partial charge on any atom is -0.388 e. The molecule has 0 aliphatic carbocycles. The molecule has 0 fully saturated rings. The number of aromatic amines is 2. The Hall–Kier alpha value is -9.96. The largest absolute Gasteiger partial charge is 0.388 e. The van der Waals surface area contributed by atoms with E-state index < -0.39 is 36.6 Å². The fourth-order valence-corrected chi connectivity index (χ4v) is 12.1. The molecule has 0 spiro atoms. The molecule has 5 heterocycles. The van der Waals surface area contributed by atoms with Crippen LogP contribution < -0.4 is 0 Å². The van der Waals surface area contributed by atoms with E-state index in [0.717, 1.165) is 66.7 Å². The van der Waals surface area contributed by atoms with Crippen molar-refractivity contribution < 1.29 is 38.6 Å². The van der Waals surface area contributed by atoms with Crippen molar-refractivity contribution in [2.45, 2.75) is 76.3 Å². The van der Waals surface area contributed by atoms with Gasteiger partial charge >= 0.3 is 0 Å². The lowest BCUT2D eigenvalue weighted by atomic mass is 9.98. The van der Waals surface area contributed by atoms with Crippen molar-refractivity contribution in [1.29, 1.82) is 0 Å². The van der Waals surface area contributed by atoms with E-state index in [1.54, 1.807) is 0 Å².